The Morgan fingerprint density at radius 3 is 2.52 bits per heavy atom. The zero-order chi connectivity index (χ0) is 19.2. The third-order valence-corrected chi connectivity index (χ3v) is 4.02. The molecule has 0 aliphatic rings. The van der Waals surface area contributed by atoms with Gasteiger partial charge in [-0.3, -0.25) is 4.99 Å². The number of alkyl carbamates (subject to hydrolysis) is 1. The quantitative estimate of drug-likeness (QED) is 0.587. The highest BCUT2D eigenvalue weighted by molar-refractivity contribution is 7.10. The molecular weight excluding hydrogens is 348 g/mol. The molecule has 1 rings (SSSR count). The van der Waals surface area contributed by atoms with Crippen molar-refractivity contribution in [3.8, 4) is 0 Å². The second-order valence-electron chi connectivity index (χ2n) is 6.35. The number of aromatic nitrogens is 1. The van der Waals surface area contributed by atoms with Crippen LogP contribution in [0, 0.1) is 6.92 Å². The Kier molecular flexibility index (Phi) is 7.41. The Balaban J connectivity index is 2.98. The molecule has 0 fully saturated rings. The Morgan fingerprint density at radius 2 is 2.08 bits per heavy atom. The number of rotatable bonds is 6. The molecule has 0 bridgehead atoms. The standard InChI is InChI=1S/C17H23F2N3O2S/c1-10(7-8-12(20-6)14-11(2)21-9-25-14)13(15(18)19)22-16(23)24-17(3,4)5/h7-9,13,15H,6H2,1-5H3,(H,22,23)/b10-7+,12-8-/t13-/m0/s1. The van der Waals surface area contributed by atoms with Crippen LogP contribution < -0.4 is 5.32 Å². The number of allylic oxidation sites excluding steroid dienone is 2. The van der Waals surface area contributed by atoms with Crippen LogP contribution in [0.1, 0.15) is 38.3 Å². The van der Waals surface area contributed by atoms with Crippen molar-refractivity contribution in [2.45, 2.75) is 52.7 Å². The van der Waals surface area contributed by atoms with Crippen molar-refractivity contribution in [1.29, 1.82) is 0 Å². The second kappa shape index (κ2) is 8.84. The highest BCUT2D eigenvalue weighted by Gasteiger charge is 2.26. The molecule has 0 saturated carbocycles. The maximum absolute atomic E-state index is 13.3. The number of aliphatic imine (C=N–C) groups is 1. The van der Waals surface area contributed by atoms with Gasteiger partial charge in [-0.05, 0) is 53.0 Å². The lowest BCUT2D eigenvalue weighted by molar-refractivity contribution is 0.0412. The number of carbonyl (C=O) groups excluding carboxylic acids is 1. The van der Waals surface area contributed by atoms with E-state index in [0.29, 0.717) is 5.70 Å². The predicted octanol–water partition coefficient (Wildman–Crippen LogP) is 4.60. The van der Waals surface area contributed by atoms with E-state index in [1.807, 2.05) is 6.92 Å². The third kappa shape index (κ3) is 6.74. The van der Waals surface area contributed by atoms with Gasteiger partial charge in [0.1, 0.15) is 11.6 Å². The number of aryl methyl sites for hydroxylation is 1. The van der Waals surface area contributed by atoms with E-state index in [1.54, 1.807) is 32.4 Å². The van der Waals surface area contributed by atoms with E-state index in [0.717, 1.165) is 10.6 Å². The first-order valence-corrected chi connectivity index (χ1v) is 8.46. The molecular formula is C17H23F2N3O2S. The largest absolute Gasteiger partial charge is 0.444 e. The Morgan fingerprint density at radius 1 is 1.44 bits per heavy atom. The molecule has 8 heteroatoms. The van der Waals surface area contributed by atoms with E-state index in [4.69, 9.17) is 4.74 Å². The predicted molar refractivity (Wildman–Crippen MR) is 97.3 cm³/mol. The molecule has 0 unspecified atom stereocenters. The molecule has 0 aromatic carbocycles. The first-order chi connectivity index (χ1) is 11.5. The lowest BCUT2D eigenvalue weighted by Crippen LogP contribution is -2.43. The average molecular weight is 371 g/mol. The fraction of sp³-hybridized carbons (Fsp3) is 0.471. The molecule has 0 spiro atoms. The Bertz CT molecular complexity index is 676. The first kappa shape index (κ1) is 21.0. The molecule has 1 atom stereocenters. The second-order valence-corrected chi connectivity index (χ2v) is 7.20. The number of alkyl halides is 2. The lowest BCUT2D eigenvalue weighted by Gasteiger charge is -2.23. The monoisotopic (exact) mass is 371 g/mol. The number of amides is 1. The van der Waals surface area contributed by atoms with E-state index in [1.165, 1.54) is 24.3 Å². The molecule has 1 aromatic rings. The van der Waals surface area contributed by atoms with Crippen molar-refractivity contribution >= 4 is 29.8 Å². The maximum Gasteiger partial charge on any atom is 0.408 e. The van der Waals surface area contributed by atoms with Gasteiger partial charge in [-0.15, -0.1) is 11.3 Å². The van der Waals surface area contributed by atoms with Crippen LogP contribution in [0.25, 0.3) is 5.70 Å². The molecule has 5 nitrogen and oxygen atoms in total. The van der Waals surface area contributed by atoms with Gasteiger partial charge in [0.05, 0.1) is 21.8 Å². The van der Waals surface area contributed by atoms with Crippen molar-refractivity contribution < 1.29 is 18.3 Å². The van der Waals surface area contributed by atoms with E-state index in [9.17, 15) is 13.6 Å². The van der Waals surface area contributed by atoms with Crippen LogP contribution in [0.3, 0.4) is 0 Å². The minimum absolute atomic E-state index is 0.268. The molecule has 138 valence electrons. The summed E-state index contributed by atoms with van der Waals surface area (Å²) in [5.41, 5.74) is 2.49. The number of nitrogens with one attached hydrogen (secondary N) is 1. The zero-order valence-electron chi connectivity index (χ0n) is 15.0. The number of halogens is 2. The molecule has 1 heterocycles. The summed E-state index contributed by atoms with van der Waals surface area (Å²) in [6.07, 6.45) is -0.607. The normalized spacial score (nSPS) is 14.4. The van der Waals surface area contributed by atoms with Crippen LogP contribution in [0.5, 0.6) is 0 Å². The molecule has 1 aromatic heterocycles. The molecule has 0 radical (unpaired) electrons. The average Bonchev–Trinajstić information content (AvgIpc) is 2.89. The minimum Gasteiger partial charge on any atom is -0.444 e. The van der Waals surface area contributed by atoms with Gasteiger partial charge in [-0.1, -0.05) is 6.08 Å². The molecule has 0 aliphatic carbocycles. The van der Waals surface area contributed by atoms with Crippen LogP contribution in [-0.4, -0.2) is 35.9 Å². The number of ether oxygens (including phenoxy) is 1. The molecule has 1 amide bonds. The van der Waals surface area contributed by atoms with Gasteiger partial charge in [0, 0.05) is 0 Å². The van der Waals surface area contributed by atoms with Crippen molar-refractivity contribution in [2.24, 2.45) is 4.99 Å². The lowest BCUT2D eigenvalue weighted by atomic mass is 10.1. The number of hydrogen-bond donors (Lipinski definition) is 1. The van der Waals surface area contributed by atoms with Gasteiger partial charge < -0.3 is 10.1 Å². The maximum atomic E-state index is 13.3. The van der Waals surface area contributed by atoms with Gasteiger partial charge >= 0.3 is 6.09 Å². The highest BCUT2D eigenvalue weighted by Crippen LogP contribution is 2.24. The van der Waals surface area contributed by atoms with Crippen molar-refractivity contribution in [2.75, 3.05) is 0 Å². The van der Waals surface area contributed by atoms with Gasteiger partial charge in [-0.2, -0.15) is 0 Å². The summed E-state index contributed by atoms with van der Waals surface area (Å²) >= 11 is 1.39. The number of carbonyl (C=O) groups is 1. The summed E-state index contributed by atoms with van der Waals surface area (Å²) < 4.78 is 31.7. The summed E-state index contributed by atoms with van der Waals surface area (Å²) in [5, 5.41) is 2.20. The SMILES string of the molecule is C=N/C(=C\C=C(/C)[C@H](NC(=O)OC(C)(C)C)C(F)F)c1scnc1C. The molecule has 0 aliphatic heterocycles. The van der Waals surface area contributed by atoms with Crippen molar-refractivity contribution in [3.63, 3.8) is 0 Å². The summed E-state index contributed by atoms with van der Waals surface area (Å²) in [7, 11) is 0. The topological polar surface area (TPSA) is 63.6 Å². The van der Waals surface area contributed by atoms with Gasteiger partial charge in [0.25, 0.3) is 6.43 Å². The third-order valence-electron chi connectivity index (χ3n) is 3.07. The smallest absolute Gasteiger partial charge is 0.408 e. The minimum atomic E-state index is -2.78. The summed E-state index contributed by atoms with van der Waals surface area (Å²) in [4.78, 5) is 20.6. The number of hydrogen-bond acceptors (Lipinski definition) is 5. The Hall–Kier alpha value is -2.09. The summed E-state index contributed by atoms with van der Waals surface area (Å²) in [6.45, 7) is 11.8. The fourth-order valence-corrected chi connectivity index (χ4v) is 2.66. The van der Waals surface area contributed by atoms with E-state index in [-0.39, 0.29) is 5.57 Å². The van der Waals surface area contributed by atoms with Crippen molar-refractivity contribution in [3.05, 3.63) is 33.8 Å². The first-order valence-electron chi connectivity index (χ1n) is 7.58. The van der Waals surface area contributed by atoms with Gasteiger partial charge in [-0.25, -0.2) is 18.6 Å². The number of nitrogens with zero attached hydrogens (tertiary/aromatic N) is 2. The van der Waals surface area contributed by atoms with Crippen LogP contribution >= 0.6 is 11.3 Å². The highest BCUT2D eigenvalue weighted by atomic mass is 32.1. The van der Waals surface area contributed by atoms with Crippen molar-refractivity contribution in [1.82, 2.24) is 10.3 Å². The van der Waals surface area contributed by atoms with Gasteiger partial charge in [0.2, 0.25) is 0 Å². The molecule has 25 heavy (non-hydrogen) atoms. The number of thiazole rings is 1. The van der Waals surface area contributed by atoms with E-state index in [2.05, 4.69) is 22.0 Å². The van der Waals surface area contributed by atoms with Crippen LogP contribution in [0.4, 0.5) is 13.6 Å². The van der Waals surface area contributed by atoms with E-state index < -0.39 is 24.2 Å². The summed E-state index contributed by atoms with van der Waals surface area (Å²) in [5.74, 6) is 0. The van der Waals surface area contributed by atoms with Crippen LogP contribution in [0.15, 0.2) is 28.2 Å². The van der Waals surface area contributed by atoms with Crippen LogP contribution in [-0.2, 0) is 4.74 Å². The summed E-state index contributed by atoms with van der Waals surface area (Å²) in [6, 6.07) is -1.46. The molecule has 0 saturated heterocycles. The zero-order valence-corrected chi connectivity index (χ0v) is 15.8. The molecule has 1 N–H and O–H groups in total. The van der Waals surface area contributed by atoms with E-state index >= 15 is 0 Å². The Labute approximate surface area is 150 Å². The van der Waals surface area contributed by atoms with Gasteiger partial charge in [0.15, 0.2) is 0 Å². The van der Waals surface area contributed by atoms with Crippen LogP contribution in [0.2, 0.25) is 0 Å². The fourth-order valence-electron chi connectivity index (χ4n) is 1.87.